The van der Waals surface area contributed by atoms with Gasteiger partial charge < -0.3 is 25.1 Å². The first-order valence-electron chi connectivity index (χ1n) is 23.3. The fraction of sp³-hybridized carbons (Fsp3) is 0.385. The van der Waals surface area contributed by atoms with E-state index < -0.39 is 10.8 Å². The Bertz CT molecular complexity index is 2760. The molecule has 13 nitrogen and oxygen atoms in total. The van der Waals surface area contributed by atoms with Crippen molar-refractivity contribution in [1.29, 1.82) is 0 Å². The zero-order chi connectivity index (χ0) is 45.5. The number of nitrogens with zero attached hydrogens (tertiary/aromatic N) is 5. The van der Waals surface area contributed by atoms with Crippen molar-refractivity contribution in [2.75, 3.05) is 50.5 Å². The van der Waals surface area contributed by atoms with Crippen LogP contribution in [-0.4, -0.2) is 76.5 Å². The van der Waals surface area contributed by atoms with Gasteiger partial charge in [0.1, 0.15) is 28.6 Å². The molecule has 1 unspecified atom stereocenters. The fourth-order valence-corrected chi connectivity index (χ4v) is 11.5. The molecular weight excluding hydrogens is 849 g/mol. The summed E-state index contributed by atoms with van der Waals surface area (Å²) >= 11 is 0.986. The highest BCUT2D eigenvalue weighted by Crippen LogP contribution is 2.54. The number of fused-ring (bicyclic) bond motifs is 1. The molecule has 4 aliphatic rings. The molecule has 4 N–H and O–H groups in total. The summed E-state index contributed by atoms with van der Waals surface area (Å²) in [4.78, 5) is 40.8. The van der Waals surface area contributed by atoms with Crippen LogP contribution in [0.5, 0.6) is 17.2 Å². The van der Waals surface area contributed by atoms with Gasteiger partial charge in [0.05, 0.1) is 23.8 Å². The Morgan fingerprint density at radius 3 is 2.58 bits per heavy atom. The zero-order valence-corrected chi connectivity index (χ0v) is 38.7. The number of ether oxygens (including phenoxy) is 2. The number of methoxy groups -OCH3 is 1. The van der Waals surface area contributed by atoms with E-state index in [0.29, 0.717) is 51.3 Å². The molecule has 2 saturated carbocycles. The van der Waals surface area contributed by atoms with Crippen molar-refractivity contribution < 1.29 is 19.2 Å². The first-order valence-corrected chi connectivity index (χ1v) is 24.1. The summed E-state index contributed by atoms with van der Waals surface area (Å²) in [6, 6.07) is 30.7. The van der Waals surface area contributed by atoms with Gasteiger partial charge in [-0.2, -0.15) is 0 Å². The summed E-state index contributed by atoms with van der Waals surface area (Å²) in [7, 11) is 1.81. The van der Waals surface area contributed by atoms with Crippen LogP contribution in [0.3, 0.4) is 0 Å². The number of nitrogen functional groups attached to an aromatic ring is 1. The Balaban J connectivity index is 0.835. The van der Waals surface area contributed by atoms with Crippen LogP contribution in [0.15, 0.2) is 108 Å². The minimum Gasteiger partial charge on any atom is -0.496 e. The van der Waals surface area contributed by atoms with Gasteiger partial charge in [-0.05, 0) is 127 Å². The molecule has 1 atom stereocenters. The van der Waals surface area contributed by atoms with Crippen LogP contribution in [0.4, 0.5) is 17.1 Å². The number of aromatic amines is 1. The number of pyridine rings is 1. The molecule has 6 aromatic rings. The maximum absolute atomic E-state index is 13.8. The lowest BCUT2D eigenvalue weighted by Gasteiger charge is -2.58. The molecule has 14 heteroatoms. The quantitative estimate of drug-likeness (QED) is 0.0414. The molecule has 4 fully saturated rings. The standard InChI is InChI=1S/C52H58N8O5S/c1-33(2)41-8-4-5-9-42(41)46-32-57(31-36-7-6-10-47(64-3)49(36)34-11-12-34)23-24-59(46)38-28-52(29-38)18-21-58(22-19-52)37-13-15-43(48(26-37)65-39-25-35-17-20-54-50(35)55-30-39)51(61)56-66-40-14-16-44(53)45(27-40)60(62)63/h4-10,13-17,20,25-27,30,33-34,38,46H,11-12,18-19,21-24,28-29,31-32,53H2,1-3H3,(H,54,55)(H,56,61). The fourth-order valence-electron chi connectivity index (χ4n) is 10.8. The van der Waals surface area contributed by atoms with Gasteiger partial charge in [0, 0.05) is 91.2 Å². The van der Waals surface area contributed by atoms with Gasteiger partial charge in [-0.1, -0.05) is 50.2 Å². The highest BCUT2D eigenvalue weighted by molar-refractivity contribution is 7.98. The summed E-state index contributed by atoms with van der Waals surface area (Å²) < 4.78 is 15.2. The molecule has 0 radical (unpaired) electrons. The number of anilines is 2. The highest BCUT2D eigenvalue weighted by atomic mass is 32.2. The van der Waals surface area contributed by atoms with Gasteiger partial charge >= 0.3 is 0 Å². The van der Waals surface area contributed by atoms with Crippen LogP contribution in [0.2, 0.25) is 0 Å². The van der Waals surface area contributed by atoms with E-state index in [-0.39, 0.29) is 11.4 Å². The van der Waals surface area contributed by atoms with Crippen LogP contribution in [0.1, 0.15) is 103 Å². The van der Waals surface area contributed by atoms with Crippen molar-refractivity contribution in [3.05, 3.63) is 141 Å². The number of hydrogen-bond donors (Lipinski definition) is 3. The minimum atomic E-state index is -0.535. The van der Waals surface area contributed by atoms with E-state index in [2.05, 4.69) is 85.7 Å². The lowest BCUT2D eigenvalue weighted by molar-refractivity contribution is -0.384. The molecule has 10 rings (SSSR count). The topological polar surface area (TPSA) is 155 Å². The van der Waals surface area contributed by atoms with Crippen molar-refractivity contribution in [3.63, 3.8) is 0 Å². The van der Waals surface area contributed by atoms with Crippen LogP contribution in [0, 0.1) is 15.5 Å². The minimum absolute atomic E-state index is 0.0599. The summed E-state index contributed by atoms with van der Waals surface area (Å²) in [6.45, 7) is 10.5. The van der Waals surface area contributed by atoms with Crippen molar-refractivity contribution in [3.8, 4) is 17.2 Å². The highest BCUT2D eigenvalue weighted by Gasteiger charge is 2.50. The number of carbonyl (C=O) groups excluding carboxylic acids is 1. The number of benzene rings is 4. The van der Waals surface area contributed by atoms with Crippen LogP contribution < -0.4 is 24.8 Å². The number of nitro groups is 1. The zero-order valence-electron chi connectivity index (χ0n) is 37.9. The number of carbonyl (C=O) groups is 1. The second-order valence-corrected chi connectivity index (χ2v) is 19.9. The normalized spacial score (nSPS) is 19.0. The number of nitrogens with one attached hydrogen (secondary N) is 2. The average Bonchev–Trinajstić information content (AvgIpc) is 4.05. The van der Waals surface area contributed by atoms with Gasteiger partial charge in [-0.3, -0.25) is 29.4 Å². The number of hydrogen-bond acceptors (Lipinski definition) is 11. The average molecular weight is 907 g/mol. The SMILES string of the molecule is COc1cccc(CN2CCN(C3CC4(CCN(c5ccc(C(=O)NSc6ccc(N)c([N+](=O)[O-])c6)c(Oc6cnc7[nH]ccc7c6)c5)CC4)C3)C(c3ccccc3C(C)C)C2)c1C1CC1. The number of H-pyrrole nitrogens is 1. The predicted molar refractivity (Wildman–Crippen MR) is 261 cm³/mol. The molecule has 2 aliphatic carbocycles. The predicted octanol–water partition coefficient (Wildman–Crippen LogP) is 10.6. The Kier molecular flexibility index (Phi) is 12.1. The molecule has 2 aromatic heterocycles. The number of nitrogens with two attached hydrogens (primary N) is 1. The van der Waals surface area contributed by atoms with Crippen LogP contribution in [-0.2, 0) is 6.54 Å². The van der Waals surface area contributed by atoms with Crippen molar-refractivity contribution in [1.82, 2.24) is 24.5 Å². The summed E-state index contributed by atoms with van der Waals surface area (Å²) in [5.41, 5.74) is 13.8. The first-order chi connectivity index (χ1) is 32.0. The van der Waals surface area contributed by atoms with E-state index in [1.165, 1.54) is 60.1 Å². The van der Waals surface area contributed by atoms with Crippen molar-refractivity contribution in [2.45, 2.75) is 87.7 Å². The number of nitro benzene ring substituents is 1. The largest absolute Gasteiger partial charge is 0.496 e. The molecule has 1 spiro atoms. The Hall–Kier alpha value is -6.09. The molecule has 2 aliphatic heterocycles. The van der Waals surface area contributed by atoms with Gasteiger partial charge in [-0.25, -0.2) is 4.98 Å². The van der Waals surface area contributed by atoms with Gasteiger partial charge in [0.2, 0.25) is 0 Å². The lowest BCUT2D eigenvalue weighted by Crippen LogP contribution is -2.60. The maximum Gasteiger partial charge on any atom is 0.293 e. The van der Waals surface area contributed by atoms with E-state index in [1.807, 2.05) is 30.5 Å². The third-order valence-corrected chi connectivity index (χ3v) is 15.3. The molecule has 4 heterocycles. The smallest absolute Gasteiger partial charge is 0.293 e. The maximum atomic E-state index is 13.8. The molecular formula is C52H58N8O5S. The molecule has 66 heavy (non-hydrogen) atoms. The van der Waals surface area contributed by atoms with Gasteiger partial charge in [0.25, 0.3) is 11.6 Å². The molecule has 0 bridgehead atoms. The summed E-state index contributed by atoms with van der Waals surface area (Å²) in [6.07, 6.45) is 10.6. The van der Waals surface area contributed by atoms with Gasteiger partial charge in [-0.15, -0.1) is 0 Å². The summed E-state index contributed by atoms with van der Waals surface area (Å²) in [5.74, 6) is 2.63. The Morgan fingerprint density at radius 1 is 0.985 bits per heavy atom. The first kappa shape index (κ1) is 43.8. The second kappa shape index (κ2) is 18.3. The molecule has 342 valence electrons. The summed E-state index contributed by atoms with van der Waals surface area (Å²) in [5, 5.41) is 12.4. The number of piperidine rings is 1. The van der Waals surface area contributed by atoms with E-state index in [4.69, 9.17) is 15.2 Å². The Labute approximate surface area is 390 Å². The van der Waals surface area contributed by atoms with E-state index in [9.17, 15) is 14.9 Å². The number of amides is 1. The lowest BCUT2D eigenvalue weighted by atomic mass is 9.59. The van der Waals surface area contributed by atoms with E-state index in [1.54, 1.807) is 25.4 Å². The molecule has 1 amide bonds. The van der Waals surface area contributed by atoms with Crippen LogP contribution in [0.25, 0.3) is 11.0 Å². The third kappa shape index (κ3) is 8.93. The van der Waals surface area contributed by atoms with E-state index >= 15 is 0 Å². The molecule has 2 saturated heterocycles. The molecule has 4 aromatic carbocycles. The van der Waals surface area contributed by atoms with Crippen molar-refractivity contribution in [2.24, 2.45) is 5.41 Å². The number of aromatic nitrogens is 2. The second-order valence-electron chi connectivity index (χ2n) is 19.0. The van der Waals surface area contributed by atoms with E-state index in [0.717, 1.165) is 86.5 Å². The van der Waals surface area contributed by atoms with Crippen molar-refractivity contribution >= 4 is 46.0 Å². The number of piperazine rings is 1. The Morgan fingerprint density at radius 2 is 1.80 bits per heavy atom. The monoisotopic (exact) mass is 906 g/mol. The van der Waals surface area contributed by atoms with Crippen LogP contribution >= 0.6 is 11.9 Å². The van der Waals surface area contributed by atoms with Gasteiger partial charge in [0.15, 0.2) is 0 Å². The number of rotatable bonds is 14. The third-order valence-electron chi connectivity index (χ3n) is 14.5.